The molecule has 0 radical (unpaired) electrons. The zero-order chi connectivity index (χ0) is 11.7. The minimum atomic E-state index is -0.175. The van der Waals surface area contributed by atoms with Gasteiger partial charge in [0.2, 0.25) is 0 Å². The van der Waals surface area contributed by atoms with Crippen LogP contribution in [0.1, 0.15) is 5.56 Å². The fourth-order valence-electron chi connectivity index (χ4n) is 2.26. The highest BCUT2D eigenvalue weighted by molar-refractivity contribution is 5.77. The Labute approximate surface area is 99.2 Å². The van der Waals surface area contributed by atoms with Gasteiger partial charge in [-0.3, -0.25) is 4.90 Å². The zero-order valence-electron chi connectivity index (χ0n) is 9.58. The first-order chi connectivity index (χ1) is 8.33. The lowest BCUT2D eigenvalue weighted by Crippen LogP contribution is -2.43. The lowest BCUT2D eigenvalue weighted by molar-refractivity contribution is 0.230. The van der Waals surface area contributed by atoms with Gasteiger partial charge in [0, 0.05) is 49.7 Å². The first kappa shape index (κ1) is 10.7. The van der Waals surface area contributed by atoms with Gasteiger partial charge in [0.05, 0.1) is 6.26 Å². The van der Waals surface area contributed by atoms with Crippen molar-refractivity contribution in [2.45, 2.75) is 6.54 Å². The molecule has 4 heteroatoms. The van der Waals surface area contributed by atoms with Crippen LogP contribution in [0.25, 0.3) is 11.0 Å². The third-order valence-corrected chi connectivity index (χ3v) is 3.23. The summed E-state index contributed by atoms with van der Waals surface area (Å²) in [5, 5.41) is 4.26. The SMILES string of the molecule is Fc1cc2occc2cc1CN1CCNCC1. The molecule has 1 N–H and O–H groups in total. The number of halogens is 1. The minimum absolute atomic E-state index is 0.175. The van der Waals surface area contributed by atoms with E-state index in [0.29, 0.717) is 12.1 Å². The van der Waals surface area contributed by atoms with Crippen molar-refractivity contribution in [3.05, 3.63) is 35.8 Å². The van der Waals surface area contributed by atoms with E-state index >= 15 is 0 Å². The van der Waals surface area contributed by atoms with Crippen molar-refractivity contribution >= 4 is 11.0 Å². The Morgan fingerprint density at radius 1 is 1.29 bits per heavy atom. The van der Waals surface area contributed by atoms with Gasteiger partial charge in [0.25, 0.3) is 0 Å². The summed E-state index contributed by atoms with van der Waals surface area (Å²) in [5.74, 6) is -0.175. The van der Waals surface area contributed by atoms with E-state index in [2.05, 4.69) is 10.2 Å². The molecule has 0 saturated carbocycles. The van der Waals surface area contributed by atoms with E-state index in [9.17, 15) is 4.39 Å². The normalized spacial score (nSPS) is 17.7. The van der Waals surface area contributed by atoms with Crippen LogP contribution in [-0.2, 0) is 6.54 Å². The molecular weight excluding hydrogens is 219 g/mol. The van der Waals surface area contributed by atoms with Crippen molar-refractivity contribution in [1.29, 1.82) is 0 Å². The average molecular weight is 234 g/mol. The molecule has 1 saturated heterocycles. The summed E-state index contributed by atoms with van der Waals surface area (Å²) < 4.78 is 19.0. The van der Waals surface area contributed by atoms with Crippen molar-refractivity contribution in [2.24, 2.45) is 0 Å². The molecule has 1 fully saturated rings. The van der Waals surface area contributed by atoms with Crippen LogP contribution in [0, 0.1) is 5.82 Å². The number of nitrogens with zero attached hydrogens (tertiary/aromatic N) is 1. The van der Waals surface area contributed by atoms with Crippen molar-refractivity contribution < 1.29 is 8.81 Å². The number of hydrogen-bond acceptors (Lipinski definition) is 3. The summed E-state index contributed by atoms with van der Waals surface area (Å²) in [6.45, 7) is 4.59. The van der Waals surface area contributed by atoms with E-state index in [-0.39, 0.29) is 5.82 Å². The van der Waals surface area contributed by atoms with Gasteiger partial charge >= 0.3 is 0 Å². The van der Waals surface area contributed by atoms with Crippen LogP contribution >= 0.6 is 0 Å². The van der Waals surface area contributed by atoms with Gasteiger partial charge in [0.1, 0.15) is 11.4 Å². The average Bonchev–Trinajstić information content (AvgIpc) is 2.78. The van der Waals surface area contributed by atoms with Crippen molar-refractivity contribution in [3.8, 4) is 0 Å². The summed E-state index contributed by atoms with van der Waals surface area (Å²) in [4.78, 5) is 2.26. The van der Waals surface area contributed by atoms with Crippen molar-refractivity contribution in [2.75, 3.05) is 26.2 Å². The lowest BCUT2D eigenvalue weighted by Gasteiger charge is -2.27. The van der Waals surface area contributed by atoms with Gasteiger partial charge in [-0.15, -0.1) is 0 Å². The molecule has 2 heterocycles. The van der Waals surface area contributed by atoms with Crippen LogP contribution < -0.4 is 5.32 Å². The third-order valence-electron chi connectivity index (χ3n) is 3.23. The molecule has 1 aliphatic heterocycles. The molecular formula is C13H15FN2O. The zero-order valence-corrected chi connectivity index (χ0v) is 9.58. The fraction of sp³-hybridized carbons (Fsp3) is 0.385. The Hall–Kier alpha value is -1.39. The molecule has 2 aromatic rings. The van der Waals surface area contributed by atoms with Gasteiger partial charge in [0.15, 0.2) is 0 Å². The molecule has 0 unspecified atom stereocenters. The van der Waals surface area contributed by atoms with E-state index in [1.807, 2.05) is 12.1 Å². The van der Waals surface area contributed by atoms with Gasteiger partial charge in [-0.1, -0.05) is 0 Å². The smallest absolute Gasteiger partial charge is 0.136 e. The molecule has 1 aliphatic rings. The standard InChI is InChI=1S/C13H15FN2O/c14-12-8-13-10(1-6-17-13)7-11(12)9-16-4-2-15-3-5-16/h1,6-8,15H,2-5,9H2. The highest BCUT2D eigenvalue weighted by Crippen LogP contribution is 2.21. The number of fused-ring (bicyclic) bond motifs is 1. The van der Waals surface area contributed by atoms with Crippen LogP contribution in [0.5, 0.6) is 0 Å². The number of rotatable bonds is 2. The molecule has 90 valence electrons. The fourth-order valence-corrected chi connectivity index (χ4v) is 2.26. The highest BCUT2D eigenvalue weighted by atomic mass is 19.1. The largest absolute Gasteiger partial charge is 0.464 e. The van der Waals surface area contributed by atoms with E-state index in [1.54, 1.807) is 6.26 Å². The molecule has 0 spiro atoms. The van der Waals surface area contributed by atoms with Crippen LogP contribution in [0.3, 0.4) is 0 Å². The maximum atomic E-state index is 13.8. The van der Waals surface area contributed by atoms with Crippen LogP contribution in [-0.4, -0.2) is 31.1 Å². The van der Waals surface area contributed by atoms with Crippen LogP contribution in [0.15, 0.2) is 28.9 Å². The summed E-state index contributed by atoms with van der Waals surface area (Å²) >= 11 is 0. The first-order valence-corrected chi connectivity index (χ1v) is 5.91. The Kier molecular flexibility index (Phi) is 2.82. The molecule has 3 nitrogen and oxygen atoms in total. The van der Waals surface area contributed by atoms with Gasteiger partial charge < -0.3 is 9.73 Å². The van der Waals surface area contributed by atoms with Crippen molar-refractivity contribution in [3.63, 3.8) is 0 Å². The summed E-state index contributed by atoms with van der Waals surface area (Å²) in [5.41, 5.74) is 1.37. The van der Waals surface area contributed by atoms with Gasteiger partial charge in [-0.05, 0) is 12.1 Å². The second kappa shape index (κ2) is 4.47. The first-order valence-electron chi connectivity index (χ1n) is 5.91. The number of benzene rings is 1. The molecule has 0 aliphatic carbocycles. The van der Waals surface area contributed by atoms with E-state index in [1.165, 1.54) is 6.07 Å². The number of hydrogen-bond donors (Lipinski definition) is 1. The molecule has 1 aromatic carbocycles. The second-order valence-corrected chi connectivity index (χ2v) is 4.43. The third kappa shape index (κ3) is 2.18. The number of nitrogens with one attached hydrogen (secondary N) is 1. The Bertz CT molecular complexity index is 517. The lowest BCUT2D eigenvalue weighted by atomic mass is 10.1. The monoisotopic (exact) mass is 234 g/mol. The minimum Gasteiger partial charge on any atom is -0.464 e. The number of furan rings is 1. The topological polar surface area (TPSA) is 28.4 Å². The Morgan fingerprint density at radius 2 is 2.12 bits per heavy atom. The van der Waals surface area contributed by atoms with E-state index < -0.39 is 0 Å². The molecule has 0 bridgehead atoms. The van der Waals surface area contributed by atoms with Crippen molar-refractivity contribution in [1.82, 2.24) is 10.2 Å². The van der Waals surface area contributed by atoms with E-state index in [0.717, 1.165) is 37.1 Å². The summed E-state index contributed by atoms with van der Waals surface area (Å²) in [7, 11) is 0. The predicted molar refractivity (Wildman–Crippen MR) is 64.3 cm³/mol. The molecule has 0 amide bonds. The van der Waals surface area contributed by atoms with Gasteiger partial charge in [-0.25, -0.2) is 4.39 Å². The number of piperazine rings is 1. The maximum absolute atomic E-state index is 13.8. The van der Waals surface area contributed by atoms with Crippen LogP contribution in [0.4, 0.5) is 4.39 Å². The van der Waals surface area contributed by atoms with Crippen LogP contribution in [0.2, 0.25) is 0 Å². The maximum Gasteiger partial charge on any atom is 0.136 e. The summed E-state index contributed by atoms with van der Waals surface area (Å²) in [6, 6.07) is 5.24. The quantitative estimate of drug-likeness (QED) is 0.861. The van der Waals surface area contributed by atoms with E-state index in [4.69, 9.17) is 4.42 Å². The second-order valence-electron chi connectivity index (χ2n) is 4.43. The predicted octanol–water partition coefficient (Wildman–Crippen LogP) is 1.98. The highest BCUT2D eigenvalue weighted by Gasteiger charge is 2.13. The Balaban J connectivity index is 1.85. The molecule has 0 atom stereocenters. The molecule has 3 rings (SSSR count). The molecule has 17 heavy (non-hydrogen) atoms. The van der Waals surface area contributed by atoms with Gasteiger partial charge in [-0.2, -0.15) is 0 Å². The molecule has 1 aromatic heterocycles. The Morgan fingerprint density at radius 3 is 2.94 bits per heavy atom. The summed E-state index contributed by atoms with van der Waals surface area (Å²) in [6.07, 6.45) is 1.60.